The molecule has 0 atom stereocenters. The number of carbonyl (C=O) groups excluding carboxylic acids is 1. The minimum absolute atomic E-state index is 0.0313. The minimum Gasteiger partial charge on any atom is -0.483 e. The van der Waals surface area contributed by atoms with Crippen LogP contribution in [0, 0.1) is 0 Å². The average Bonchev–Trinajstić information content (AvgIpc) is 2.52. The van der Waals surface area contributed by atoms with E-state index >= 15 is 0 Å². The number of aliphatic hydroxyl groups excluding tert-OH is 1. The van der Waals surface area contributed by atoms with Crippen LogP contribution >= 0.6 is 15.9 Å². The van der Waals surface area contributed by atoms with Crippen molar-refractivity contribution in [3.63, 3.8) is 0 Å². The number of amides is 1. The number of halogens is 1. The van der Waals surface area contributed by atoms with Gasteiger partial charge in [-0.2, -0.15) is 0 Å². The van der Waals surface area contributed by atoms with E-state index in [-0.39, 0.29) is 19.1 Å². The van der Waals surface area contributed by atoms with E-state index in [4.69, 9.17) is 9.84 Å². The van der Waals surface area contributed by atoms with Gasteiger partial charge >= 0.3 is 0 Å². The highest BCUT2D eigenvalue weighted by Crippen LogP contribution is 2.25. The van der Waals surface area contributed by atoms with Gasteiger partial charge in [0.05, 0.1) is 11.1 Å². The second-order valence-corrected chi connectivity index (χ2v) is 5.33. The lowest BCUT2D eigenvalue weighted by molar-refractivity contribution is -0.123. The van der Waals surface area contributed by atoms with Crippen LogP contribution in [0.15, 0.2) is 53.0 Å². The molecule has 0 aliphatic rings. The summed E-state index contributed by atoms with van der Waals surface area (Å²) in [5, 5.41) is 11.8. The highest BCUT2D eigenvalue weighted by atomic mass is 79.9. The zero-order valence-electron chi connectivity index (χ0n) is 11.4. The third kappa shape index (κ3) is 4.88. The third-order valence-electron chi connectivity index (χ3n) is 2.87. The number of hydrogen-bond donors (Lipinski definition) is 2. The molecule has 0 saturated heterocycles. The molecular formula is C16H16BrNO3. The van der Waals surface area contributed by atoms with E-state index in [2.05, 4.69) is 21.2 Å². The fourth-order valence-corrected chi connectivity index (χ4v) is 2.29. The Morgan fingerprint density at radius 1 is 1.14 bits per heavy atom. The molecule has 0 heterocycles. The van der Waals surface area contributed by atoms with Crippen molar-refractivity contribution in [1.29, 1.82) is 0 Å². The second-order valence-electron chi connectivity index (χ2n) is 4.47. The Balaban J connectivity index is 1.81. The third-order valence-corrected chi connectivity index (χ3v) is 3.49. The Morgan fingerprint density at radius 2 is 1.90 bits per heavy atom. The summed E-state index contributed by atoms with van der Waals surface area (Å²) in [5.74, 6) is 0.388. The summed E-state index contributed by atoms with van der Waals surface area (Å²) >= 11 is 3.35. The van der Waals surface area contributed by atoms with Crippen molar-refractivity contribution in [3.05, 3.63) is 64.1 Å². The van der Waals surface area contributed by atoms with Crippen LogP contribution in [0.4, 0.5) is 0 Å². The molecule has 2 N–H and O–H groups in total. The molecule has 1 amide bonds. The summed E-state index contributed by atoms with van der Waals surface area (Å²) in [6.45, 7) is 0.397. The zero-order valence-corrected chi connectivity index (χ0v) is 13.0. The van der Waals surface area contributed by atoms with Gasteiger partial charge in [-0.25, -0.2) is 0 Å². The molecule has 4 nitrogen and oxygen atoms in total. The number of ether oxygens (including phenoxy) is 1. The van der Waals surface area contributed by atoms with Crippen LogP contribution in [0.25, 0.3) is 0 Å². The first kappa shape index (κ1) is 15.5. The van der Waals surface area contributed by atoms with Crippen LogP contribution in [-0.2, 0) is 17.9 Å². The Hall–Kier alpha value is -1.85. The molecule has 0 aromatic heterocycles. The highest BCUT2D eigenvalue weighted by Gasteiger charge is 2.06. The van der Waals surface area contributed by atoms with Gasteiger partial charge < -0.3 is 15.2 Å². The zero-order chi connectivity index (χ0) is 15.1. The van der Waals surface area contributed by atoms with Crippen molar-refractivity contribution < 1.29 is 14.6 Å². The molecule has 2 rings (SSSR count). The largest absolute Gasteiger partial charge is 0.483 e. The Bertz CT molecular complexity index is 602. The van der Waals surface area contributed by atoms with Crippen LogP contribution in [0.5, 0.6) is 5.75 Å². The predicted octanol–water partition coefficient (Wildman–Crippen LogP) is 2.64. The van der Waals surface area contributed by atoms with Gasteiger partial charge in [0.15, 0.2) is 6.61 Å². The maximum absolute atomic E-state index is 11.7. The molecule has 0 spiro atoms. The number of benzene rings is 2. The van der Waals surface area contributed by atoms with Crippen molar-refractivity contribution in [2.75, 3.05) is 6.61 Å². The van der Waals surface area contributed by atoms with Gasteiger partial charge in [-0.3, -0.25) is 4.79 Å². The number of carbonyl (C=O) groups is 1. The summed E-state index contributed by atoms with van der Waals surface area (Å²) in [7, 11) is 0. The molecule has 0 bridgehead atoms. The van der Waals surface area contributed by atoms with Crippen molar-refractivity contribution in [3.8, 4) is 5.75 Å². The Morgan fingerprint density at radius 3 is 2.57 bits per heavy atom. The van der Waals surface area contributed by atoms with Gasteiger partial charge in [-0.05, 0) is 39.2 Å². The van der Waals surface area contributed by atoms with E-state index in [1.807, 2.05) is 30.3 Å². The number of rotatable bonds is 6. The van der Waals surface area contributed by atoms with Crippen LogP contribution in [0.1, 0.15) is 11.1 Å². The summed E-state index contributed by atoms with van der Waals surface area (Å²) in [5.41, 5.74) is 1.82. The molecule has 2 aromatic rings. The van der Waals surface area contributed by atoms with E-state index in [1.54, 1.807) is 18.2 Å². The summed E-state index contributed by atoms with van der Waals surface area (Å²) in [6.07, 6.45) is 0. The fourth-order valence-electron chi connectivity index (χ4n) is 1.75. The van der Waals surface area contributed by atoms with Crippen molar-refractivity contribution >= 4 is 21.8 Å². The summed E-state index contributed by atoms with van der Waals surface area (Å²) in [4.78, 5) is 11.7. The van der Waals surface area contributed by atoms with E-state index in [9.17, 15) is 4.79 Å². The van der Waals surface area contributed by atoms with Crippen molar-refractivity contribution in [2.24, 2.45) is 0 Å². The molecule has 0 radical (unpaired) electrons. The average molecular weight is 350 g/mol. The number of aliphatic hydroxyl groups is 1. The van der Waals surface area contributed by atoms with Crippen molar-refractivity contribution in [2.45, 2.75) is 13.2 Å². The molecule has 0 unspecified atom stereocenters. The first-order valence-electron chi connectivity index (χ1n) is 6.52. The first-order chi connectivity index (χ1) is 10.2. The monoisotopic (exact) mass is 349 g/mol. The second kappa shape index (κ2) is 7.81. The molecule has 110 valence electrons. The lowest BCUT2D eigenvalue weighted by Crippen LogP contribution is -2.28. The fraction of sp³-hybridized carbons (Fsp3) is 0.188. The molecule has 0 fully saturated rings. The van der Waals surface area contributed by atoms with E-state index in [1.165, 1.54) is 0 Å². The van der Waals surface area contributed by atoms with Gasteiger partial charge in [0, 0.05) is 6.54 Å². The number of nitrogens with one attached hydrogen (secondary N) is 1. The topological polar surface area (TPSA) is 58.6 Å². The quantitative estimate of drug-likeness (QED) is 0.842. The van der Waals surface area contributed by atoms with Crippen LogP contribution in [-0.4, -0.2) is 17.6 Å². The molecule has 21 heavy (non-hydrogen) atoms. The lowest BCUT2D eigenvalue weighted by atomic mass is 10.2. The van der Waals surface area contributed by atoms with Gasteiger partial charge in [0.1, 0.15) is 5.75 Å². The van der Waals surface area contributed by atoms with E-state index < -0.39 is 0 Å². The predicted molar refractivity (Wildman–Crippen MR) is 83.8 cm³/mol. The Labute approximate surface area is 131 Å². The van der Waals surface area contributed by atoms with E-state index in [0.29, 0.717) is 16.8 Å². The van der Waals surface area contributed by atoms with Crippen LogP contribution in [0.3, 0.4) is 0 Å². The molecule has 2 aromatic carbocycles. The smallest absolute Gasteiger partial charge is 0.258 e. The number of hydrogen-bond acceptors (Lipinski definition) is 3. The van der Waals surface area contributed by atoms with Crippen LogP contribution < -0.4 is 10.1 Å². The van der Waals surface area contributed by atoms with Crippen LogP contribution in [0.2, 0.25) is 0 Å². The van der Waals surface area contributed by atoms with Gasteiger partial charge in [-0.15, -0.1) is 0 Å². The molecule has 0 aliphatic carbocycles. The molecular weight excluding hydrogens is 334 g/mol. The van der Waals surface area contributed by atoms with Gasteiger partial charge in [0.2, 0.25) is 0 Å². The maximum Gasteiger partial charge on any atom is 0.258 e. The summed E-state index contributed by atoms with van der Waals surface area (Å²) in [6, 6.07) is 14.9. The molecule has 0 aliphatic heterocycles. The molecule has 5 heteroatoms. The SMILES string of the molecule is O=C(COc1ccc(CO)cc1Br)NCc1ccccc1. The standard InChI is InChI=1S/C16H16BrNO3/c17-14-8-13(10-19)6-7-15(14)21-11-16(20)18-9-12-4-2-1-3-5-12/h1-8,19H,9-11H2,(H,18,20). The summed E-state index contributed by atoms with van der Waals surface area (Å²) < 4.78 is 6.16. The van der Waals surface area contributed by atoms with Gasteiger partial charge in [0.25, 0.3) is 5.91 Å². The van der Waals surface area contributed by atoms with E-state index in [0.717, 1.165) is 11.1 Å². The van der Waals surface area contributed by atoms with Crippen molar-refractivity contribution in [1.82, 2.24) is 5.32 Å². The highest BCUT2D eigenvalue weighted by molar-refractivity contribution is 9.10. The maximum atomic E-state index is 11.7. The molecule has 0 saturated carbocycles. The Kier molecular flexibility index (Phi) is 5.78. The normalized spacial score (nSPS) is 10.2. The lowest BCUT2D eigenvalue weighted by Gasteiger charge is -2.09. The minimum atomic E-state index is -0.183. The van der Waals surface area contributed by atoms with Gasteiger partial charge in [-0.1, -0.05) is 36.4 Å². The first-order valence-corrected chi connectivity index (χ1v) is 7.31.